The molecule has 0 aliphatic heterocycles. The van der Waals surface area contributed by atoms with Gasteiger partial charge in [-0.2, -0.15) is 0 Å². The Kier molecular flexibility index (Phi) is 25.7. The Hall–Kier alpha value is -9.20. The molecule has 4 aromatic heterocycles. The number of hydrogen-bond acceptors (Lipinski definition) is 8. The standard InChI is InChI=1S/C23H22Cl2N2O2.C22H20Cl2N2O2.C22H22Cl2N2O2.C21H18Cl2N2O2/c1-13-14(2)27(23(29)21-18(24)8-5-9-19(21)25)20-11-10-16(12-17(13)20)26-22(28)15-6-3-4-7-15;1-12-13(2)26(22(28)20-17(23)7-4-8-18(20)24)19-10-9-15(11-16(12)19)25-21(27)14-5-3-6-14;1-4-5-9-20(27)25-15-10-11-19-16(12-15)13(2)14(3)26(19)22(28)21-17(23)7-6-8-18(21)24;1-11-12(2)25(21(27)19-16(22)4-3-5-17(19)23)18-9-8-14(10-15(11)18)24-20(26)13-6-7-13/h5,8-12,15H,3-4,6-7H2,1-2H3,(H,26,28);4,7-11,14H,3,5-6H2,1-2H3,(H,25,27);6-8,10-12H,4-5,9H2,1-3H3,(H,25,27);3-5,8-10,13H,6-7H2,1-2H3,(H,24,26). The largest absolute Gasteiger partial charge is 0.326 e. The molecule has 0 radical (unpaired) electrons. The minimum Gasteiger partial charge on any atom is -0.326 e. The van der Waals surface area contributed by atoms with Crippen molar-refractivity contribution in [3.63, 3.8) is 0 Å². The van der Waals surface area contributed by atoms with Crippen LogP contribution in [0.25, 0.3) is 43.6 Å². The summed E-state index contributed by atoms with van der Waals surface area (Å²) in [6.45, 7) is 17.5. The molecule has 112 heavy (non-hydrogen) atoms. The van der Waals surface area contributed by atoms with Gasteiger partial charge in [0.25, 0.3) is 23.6 Å². The highest BCUT2D eigenvalue weighted by Crippen LogP contribution is 2.40. The van der Waals surface area contributed by atoms with Crippen molar-refractivity contribution in [3.8, 4) is 0 Å². The fourth-order valence-corrected chi connectivity index (χ4v) is 16.6. The number of carbonyl (C=O) groups excluding carboxylic acids is 8. The zero-order chi connectivity index (χ0) is 80.4. The fourth-order valence-electron chi connectivity index (χ4n) is 14.4. The van der Waals surface area contributed by atoms with Crippen LogP contribution < -0.4 is 21.3 Å². The minimum atomic E-state index is -0.272. The first-order valence-electron chi connectivity index (χ1n) is 37.1. The van der Waals surface area contributed by atoms with Crippen molar-refractivity contribution < 1.29 is 38.4 Å². The first-order chi connectivity index (χ1) is 53.5. The highest BCUT2D eigenvalue weighted by atomic mass is 35.5. The summed E-state index contributed by atoms with van der Waals surface area (Å²) in [7, 11) is 0. The van der Waals surface area contributed by atoms with E-state index in [1.165, 1.54) is 0 Å². The summed E-state index contributed by atoms with van der Waals surface area (Å²) < 4.78 is 6.53. The van der Waals surface area contributed by atoms with E-state index in [2.05, 4.69) is 28.2 Å². The summed E-state index contributed by atoms with van der Waals surface area (Å²) in [5, 5.41) is 18.1. The van der Waals surface area contributed by atoms with Crippen molar-refractivity contribution in [2.45, 2.75) is 139 Å². The molecule has 3 aliphatic rings. The molecular weight excluding hydrogens is 1580 g/mol. The van der Waals surface area contributed by atoms with E-state index in [0.29, 0.717) is 46.6 Å². The van der Waals surface area contributed by atoms with Gasteiger partial charge in [0.1, 0.15) is 0 Å². The number of hydrogen-bond donors (Lipinski definition) is 4. The summed E-state index contributed by atoms with van der Waals surface area (Å²) in [4.78, 5) is 102. The molecule has 578 valence electrons. The molecule has 4 amide bonds. The lowest BCUT2D eigenvalue weighted by molar-refractivity contribution is -0.122. The van der Waals surface area contributed by atoms with Crippen molar-refractivity contribution >= 4 is 206 Å². The monoisotopic (exact) mass is 1660 g/mol. The number of unbranched alkanes of at least 4 members (excludes halogenated alkanes) is 1. The van der Waals surface area contributed by atoms with Crippen LogP contribution in [0.1, 0.15) is 170 Å². The second kappa shape index (κ2) is 35.0. The first-order valence-corrected chi connectivity index (χ1v) is 40.2. The summed E-state index contributed by atoms with van der Waals surface area (Å²) in [5.74, 6) is -0.520. The number of nitrogens with one attached hydrogen (secondary N) is 4. The highest BCUT2D eigenvalue weighted by Gasteiger charge is 2.32. The van der Waals surface area contributed by atoms with Crippen LogP contribution >= 0.6 is 92.8 Å². The molecule has 0 unspecified atom stereocenters. The second-order valence-corrected chi connectivity index (χ2v) is 32.0. The number of anilines is 4. The van der Waals surface area contributed by atoms with Gasteiger partial charge in [0.15, 0.2) is 0 Å². The number of benzene rings is 8. The predicted molar refractivity (Wildman–Crippen MR) is 456 cm³/mol. The van der Waals surface area contributed by atoms with Crippen molar-refractivity contribution in [2.75, 3.05) is 21.3 Å². The number of fused-ring (bicyclic) bond motifs is 4. The van der Waals surface area contributed by atoms with Gasteiger partial charge in [0.2, 0.25) is 23.6 Å². The number of rotatable bonds is 14. The lowest BCUT2D eigenvalue weighted by atomic mass is 9.85. The van der Waals surface area contributed by atoms with E-state index in [9.17, 15) is 38.4 Å². The van der Waals surface area contributed by atoms with Crippen molar-refractivity contribution in [3.05, 3.63) is 253 Å². The molecular formula is C88H82Cl8N8O8. The van der Waals surface area contributed by atoms with Crippen LogP contribution in [0.3, 0.4) is 0 Å². The van der Waals surface area contributed by atoms with E-state index in [4.69, 9.17) is 92.8 Å². The molecule has 24 heteroatoms. The van der Waals surface area contributed by atoms with Crippen molar-refractivity contribution in [1.82, 2.24) is 18.3 Å². The summed E-state index contributed by atoms with van der Waals surface area (Å²) >= 11 is 50.0. The molecule has 8 aromatic carbocycles. The van der Waals surface area contributed by atoms with Gasteiger partial charge in [-0.05, 0) is 244 Å². The third kappa shape index (κ3) is 17.0. The van der Waals surface area contributed by atoms with Crippen LogP contribution in [0.5, 0.6) is 0 Å². The van der Waals surface area contributed by atoms with Crippen LogP contribution in [0.4, 0.5) is 22.7 Å². The van der Waals surface area contributed by atoms with E-state index in [0.717, 1.165) is 182 Å². The SMILES string of the molecule is CCCCC(=O)Nc1ccc2c(c1)c(C)c(C)n2C(=O)c1c(Cl)cccc1Cl.Cc1c(C)n(C(=O)c2c(Cl)cccc2Cl)c2ccc(NC(=O)C3CC3)cc12.Cc1c(C)n(C(=O)c2c(Cl)cccc2Cl)c2ccc(NC(=O)C3CCC3)cc12.Cc1c(C)n(C(=O)c2c(Cl)cccc2Cl)c2ccc(NC(=O)C3CCCC3)cc12. The van der Waals surface area contributed by atoms with Crippen LogP contribution in [0, 0.1) is 73.1 Å². The number of nitrogens with zero attached hydrogens (tertiary/aromatic N) is 4. The Morgan fingerprint density at radius 2 is 0.554 bits per heavy atom. The molecule has 3 aliphatic carbocycles. The smallest absolute Gasteiger partial charge is 0.265 e. The molecule has 0 saturated heterocycles. The number of halogens is 8. The Morgan fingerprint density at radius 1 is 0.321 bits per heavy atom. The summed E-state index contributed by atoms with van der Waals surface area (Å²) in [5.41, 5.74) is 14.3. The normalized spacial score (nSPS) is 13.4. The van der Waals surface area contributed by atoms with Crippen molar-refractivity contribution in [1.29, 1.82) is 0 Å². The zero-order valence-corrected chi connectivity index (χ0v) is 69.2. The molecule has 3 fully saturated rings. The third-order valence-electron chi connectivity index (χ3n) is 21.6. The Labute approximate surface area is 689 Å². The van der Waals surface area contributed by atoms with Gasteiger partial charge in [-0.15, -0.1) is 0 Å². The maximum Gasteiger partial charge on any atom is 0.265 e. The molecule has 0 spiro atoms. The van der Waals surface area contributed by atoms with Gasteiger partial charge in [-0.3, -0.25) is 56.6 Å². The molecule has 4 heterocycles. The van der Waals surface area contributed by atoms with Gasteiger partial charge in [-0.1, -0.05) is 150 Å². The average molecular weight is 1660 g/mol. The molecule has 0 atom stereocenters. The highest BCUT2D eigenvalue weighted by molar-refractivity contribution is 6.42. The van der Waals surface area contributed by atoms with Crippen LogP contribution in [-0.4, -0.2) is 65.5 Å². The van der Waals surface area contributed by atoms with Crippen molar-refractivity contribution in [2.24, 2.45) is 17.8 Å². The zero-order valence-electron chi connectivity index (χ0n) is 63.2. The molecule has 4 N–H and O–H groups in total. The van der Waals surface area contributed by atoms with Crippen LogP contribution in [-0.2, 0) is 19.2 Å². The van der Waals surface area contributed by atoms with Crippen LogP contribution in [0.2, 0.25) is 40.2 Å². The molecule has 3 saturated carbocycles. The Morgan fingerprint density at radius 3 is 0.777 bits per heavy atom. The first kappa shape index (κ1) is 82.3. The average Bonchev–Trinajstić information content (AvgIpc) is 1.62. The third-order valence-corrected chi connectivity index (χ3v) is 24.1. The van der Waals surface area contributed by atoms with Crippen LogP contribution in [0.15, 0.2) is 146 Å². The lowest BCUT2D eigenvalue weighted by Crippen LogP contribution is -2.27. The second-order valence-electron chi connectivity index (χ2n) is 28.7. The minimum absolute atomic E-state index is 0.00562. The molecule has 16 nitrogen and oxygen atoms in total. The van der Waals surface area contributed by atoms with E-state index in [-0.39, 0.29) is 87.3 Å². The van der Waals surface area contributed by atoms with Gasteiger partial charge < -0.3 is 21.3 Å². The van der Waals surface area contributed by atoms with E-state index in [1.54, 1.807) is 91.1 Å². The van der Waals surface area contributed by atoms with Gasteiger partial charge in [0, 0.05) is 91.2 Å². The van der Waals surface area contributed by atoms with Gasteiger partial charge in [0.05, 0.1) is 84.5 Å². The summed E-state index contributed by atoms with van der Waals surface area (Å²) in [6, 6.07) is 42.5. The Bertz CT molecular complexity index is 5740. The summed E-state index contributed by atoms with van der Waals surface area (Å²) in [6.07, 6.45) is 11.4. The van der Waals surface area contributed by atoms with Gasteiger partial charge in [-0.25, -0.2) is 0 Å². The van der Waals surface area contributed by atoms with E-state index >= 15 is 0 Å². The number of aromatic nitrogens is 4. The quantitative estimate of drug-likeness (QED) is 0.0822. The topological polar surface area (TPSA) is 204 Å². The molecule has 12 aromatic rings. The van der Waals surface area contributed by atoms with E-state index in [1.807, 2.05) is 128 Å². The fraction of sp³-hybridized carbons (Fsp3) is 0.273. The maximum atomic E-state index is 13.3. The Balaban J connectivity index is 0.000000139. The number of amides is 4. The maximum absolute atomic E-state index is 13.3. The number of carbonyl (C=O) groups is 8. The molecule has 0 bridgehead atoms. The number of aryl methyl sites for hydroxylation is 4. The van der Waals surface area contributed by atoms with E-state index < -0.39 is 0 Å². The predicted octanol–water partition coefficient (Wildman–Crippen LogP) is 24.4. The lowest BCUT2D eigenvalue weighted by Gasteiger charge is -2.24. The van der Waals surface area contributed by atoms with Gasteiger partial charge >= 0.3 is 0 Å². The molecule has 15 rings (SSSR count).